The lowest BCUT2D eigenvalue weighted by Crippen LogP contribution is -2.49. The molecule has 23 heavy (non-hydrogen) atoms. The number of aliphatic imine (C=N–C) groups is 1. The van der Waals surface area contributed by atoms with Crippen LogP contribution in [0, 0.1) is 0 Å². The summed E-state index contributed by atoms with van der Waals surface area (Å²) in [6.45, 7) is 8.86. The van der Waals surface area contributed by atoms with E-state index < -0.39 is 0 Å². The lowest BCUT2D eigenvalue weighted by atomic mass is 10.1. The molecule has 0 radical (unpaired) electrons. The van der Waals surface area contributed by atoms with Gasteiger partial charge in [-0.15, -0.1) is 0 Å². The smallest absolute Gasteiger partial charge is 0.240 e. The lowest BCUT2D eigenvalue weighted by molar-refractivity contribution is -0.122. The van der Waals surface area contributed by atoms with Crippen molar-refractivity contribution in [3.05, 3.63) is 0 Å². The zero-order valence-corrected chi connectivity index (χ0v) is 15.1. The van der Waals surface area contributed by atoms with Crippen LogP contribution in [-0.4, -0.2) is 75.4 Å². The number of guanidine groups is 1. The van der Waals surface area contributed by atoms with E-state index in [2.05, 4.69) is 15.6 Å². The fraction of sp³-hybridized carbons (Fsp3) is 0.875. The van der Waals surface area contributed by atoms with Gasteiger partial charge in [0.25, 0.3) is 0 Å². The molecule has 1 atom stereocenters. The molecule has 0 saturated carbocycles. The highest BCUT2D eigenvalue weighted by Crippen LogP contribution is 2.11. The van der Waals surface area contributed by atoms with Crippen LogP contribution in [0.15, 0.2) is 4.99 Å². The number of rotatable bonds is 7. The minimum atomic E-state index is -0.231. The van der Waals surface area contributed by atoms with Crippen LogP contribution < -0.4 is 10.6 Å². The Hall–Kier alpha value is -1.34. The van der Waals surface area contributed by atoms with Gasteiger partial charge in [0.1, 0.15) is 0 Å². The summed E-state index contributed by atoms with van der Waals surface area (Å²) in [4.78, 5) is 17.9. The Morgan fingerprint density at radius 3 is 2.74 bits per heavy atom. The number of hydrogen-bond donors (Lipinski definition) is 2. The first-order valence-electron chi connectivity index (χ1n) is 8.24. The highest BCUT2D eigenvalue weighted by molar-refractivity contribution is 5.86. The SMILES string of the molecule is CN=C(NCCOCC1CCCO1)N(C)CC(=O)NC(C)(C)C. The predicted octanol–water partition coefficient (Wildman–Crippen LogP) is 0.604. The summed E-state index contributed by atoms with van der Waals surface area (Å²) in [6, 6.07) is 0. The van der Waals surface area contributed by atoms with Crippen molar-refractivity contribution in [3.63, 3.8) is 0 Å². The minimum Gasteiger partial charge on any atom is -0.377 e. The monoisotopic (exact) mass is 328 g/mol. The summed E-state index contributed by atoms with van der Waals surface area (Å²) in [7, 11) is 3.54. The van der Waals surface area contributed by atoms with Crippen molar-refractivity contribution in [3.8, 4) is 0 Å². The van der Waals surface area contributed by atoms with Crippen LogP contribution in [0.2, 0.25) is 0 Å². The first kappa shape index (κ1) is 19.7. The Morgan fingerprint density at radius 1 is 1.43 bits per heavy atom. The van der Waals surface area contributed by atoms with Crippen LogP contribution >= 0.6 is 0 Å². The van der Waals surface area contributed by atoms with E-state index in [9.17, 15) is 4.79 Å². The molecule has 0 aromatic rings. The summed E-state index contributed by atoms with van der Waals surface area (Å²) in [5.41, 5.74) is -0.231. The van der Waals surface area contributed by atoms with Crippen LogP contribution in [0.3, 0.4) is 0 Å². The van der Waals surface area contributed by atoms with E-state index in [1.165, 1.54) is 0 Å². The molecule has 0 spiro atoms. The number of carbonyl (C=O) groups excluding carboxylic acids is 1. The molecule has 1 amide bonds. The molecular formula is C16H32N4O3. The Morgan fingerprint density at radius 2 is 2.17 bits per heavy atom. The maximum Gasteiger partial charge on any atom is 0.240 e. The van der Waals surface area contributed by atoms with Gasteiger partial charge < -0.3 is 25.0 Å². The summed E-state index contributed by atoms with van der Waals surface area (Å²) >= 11 is 0. The van der Waals surface area contributed by atoms with E-state index in [4.69, 9.17) is 9.47 Å². The third-order valence-electron chi connectivity index (χ3n) is 3.33. The maximum absolute atomic E-state index is 11.9. The molecule has 0 aliphatic carbocycles. The van der Waals surface area contributed by atoms with Crippen LogP contribution in [0.4, 0.5) is 0 Å². The van der Waals surface area contributed by atoms with Gasteiger partial charge >= 0.3 is 0 Å². The fourth-order valence-corrected chi connectivity index (χ4v) is 2.36. The largest absolute Gasteiger partial charge is 0.377 e. The van der Waals surface area contributed by atoms with Gasteiger partial charge in [0, 0.05) is 32.8 Å². The third kappa shape index (κ3) is 8.76. The molecule has 0 aromatic carbocycles. The molecular weight excluding hydrogens is 296 g/mol. The standard InChI is InChI=1S/C16H32N4O3/c1-16(2,3)19-14(21)11-20(5)15(17-4)18-8-10-22-12-13-7-6-9-23-13/h13H,6-12H2,1-5H3,(H,17,18)(H,19,21). The molecule has 7 nitrogen and oxygen atoms in total. The Kier molecular flexibility index (Phi) is 8.33. The van der Waals surface area contributed by atoms with Gasteiger partial charge in [-0.3, -0.25) is 9.79 Å². The van der Waals surface area contributed by atoms with Crippen LogP contribution in [-0.2, 0) is 14.3 Å². The maximum atomic E-state index is 11.9. The number of nitrogens with one attached hydrogen (secondary N) is 2. The number of likely N-dealkylation sites (N-methyl/N-ethyl adjacent to an activating group) is 1. The van der Waals surface area contributed by atoms with Gasteiger partial charge in [-0.1, -0.05) is 0 Å². The van der Waals surface area contributed by atoms with Crippen molar-refractivity contribution in [2.45, 2.75) is 45.3 Å². The van der Waals surface area contributed by atoms with E-state index in [1.54, 1.807) is 11.9 Å². The molecule has 7 heteroatoms. The third-order valence-corrected chi connectivity index (χ3v) is 3.33. The summed E-state index contributed by atoms with van der Waals surface area (Å²) in [6.07, 6.45) is 2.46. The molecule has 134 valence electrons. The number of ether oxygens (including phenoxy) is 2. The molecule has 1 aliphatic rings. The van der Waals surface area contributed by atoms with Gasteiger partial charge in [-0.25, -0.2) is 0 Å². The molecule has 0 bridgehead atoms. The molecule has 1 heterocycles. The van der Waals surface area contributed by atoms with E-state index in [0.29, 0.717) is 25.7 Å². The Balaban J connectivity index is 2.20. The first-order chi connectivity index (χ1) is 10.8. The molecule has 2 N–H and O–H groups in total. The zero-order valence-electron chi connectivity index (χ0n) is 15.1. The van der Waals surface area contributed by atoms with Crippen molar-refractivity contribution in [1.82, 2.24) is 15.5 Å². The molecule has 1 rings (SSSR count). The van der Waals surface area contributed by atoms with E-state index in [0.717, 1.165) is 19.4 Å². The van der Waals surface area contributed by atoms with Crippen molar-refractivity contribution in [2.75, 3.05) is 47.0 Å². The normalized spacial score (nSPS) is 18.8. The molecule has 1 aliphatic heterocycles. The first-order valence-corrected chi connectivity index (χ1v) is 8.24. The number of carbonyl (C=O) groups is 1. The van der Waals surface area contributed by atoms with Crippen molar-refractivity contribution in [2.24, 2.45) is 4.99 Å². The van der Waals surface area contributed by atoms with Crippen molar-refractivity contribution >= 4 is 11.9 Å². The van der Waals surface area contributed by atoms with Crippen molar-refractivity contribution in [1.29, 1.82) is 0 Å². The van der Waals surface area contributed by atoms with Gasteiger partial charge in [-0.05, 0) is 33.6 Å². The molecule has 1 unspecified atom stereocenters. The highest BCUT2D eigenvalue weighted by atomic mass is 16.5. The Bertz CT molecular complexity index is 387. The van der Waals surface area contributed by atoms with Gasteiger partial charge in [0.15, 0.2) is 5.96 Å². The van der Waals surface area contributed by atoms with Gasteiger partial charge in [-0.2, -0.15) is 0 Å². The summed E-state index contributed by atoms with van der Waals surface area (Å²) < 4.78 is 11.1. The minimum absolute atomic E-state index is 0.0300. The second kappa shape index (κ2) is 9.72. The second-order valence-corrected chi connectivity index (χ2v) is 6.84. The van der Waals surface area contributed by atoms with Crippen LogP contribution in [0.5, 0.6) is 0 Å². The van der Waals surface area contributed by atoms with E-state index in [-0.39, 0.29) is 24.1 Å². The van der Waals surface area contributed by atoms with Crippen LogP contribution in [0.25, 0.3) is 0 Å². The van der Waals surface area contributed by atoms with Crippen molar-refractivity contribution < 1.29 is 14.3 Å². The average Bonchev–Trinajstić information content (AvgIpc) is 2.93. The molecule has 0 aromatic heterocycles. The lowest BCUT2D eigenvalue weighted by Gasteiger charge is -2.25. The number of nitrogens with zero attached hydrogens (tertiary/aromatic N) is 2. The van der Waals surface area contributed by atoms with Crippen LogP contribution in [0.1, 0.15) is 33.6 Å². The quantitative estimate of drug-likeness (QED) is 0.407. The van der Waals surface area contributed by atoms with E-state index >= 15 is 0 Å². The number of hydrogen-bond acceptors (Lipinski definition) is 4. The predicted molar refractivity (Wildman–Crippen MR) is 91.7 cm³/mol. The highest BCUT2D eigenvalue weighted by Gasteiger charge is 2.17. The summed E-state index contributed by atoms with van der Waals surface area (Å²) in [5.74, 6) is 0.646. The Labute approximate surface area is 139 Å². The van der Waals surface area contributed by atoms with Gasteiger partial charge in [0.2, 0.25) is 5.91 Å². The number of amides is 1. The fourth-order valence-electron chi connectivity index (χ4n) is 2.36. The average molecular weight is 328 g/mol. The molecule has 1 saturated heterocycles. The van der Waals surface area contributed by atoms with E-state index in [1.807, 2.05) is 27.8 Å². The second-order valence-electron chi connectivity index (χ2n) is 6.84. The molecule has 1 fully saturated rings. The zero-order chi connectivity index (χ0) is 17.3. The van der Waals surface area contributed by atoms with Gasteiger partial charge in [0.05, 0.1) is 25.9 Å². The topological polar surface area (TPSA) is 75.2 Å². The summed E-state index contributed by atoms with van der Waals surface area (Å²) in [5, 5.41) is 6.13.